The molecule has 0 saturated carbocycles. The summed E-state index contributed by atoms with van der Waals surface area (Å²) in [4.78, 5) is 11.6. The first-order valence-corrected chi connectivity index (χ1v) is 9.52. The topological polar surface area (TPSA) is 64.3 Å². The molecule has 3 aromatic rings. The smallest absolute Gasteiger partial charge is 0.252 e. The number of amides is 1. The molecule has 0 radical (unpaired) electrons. The molecule has 142 valence electrons. The van der Waals surface area contributed by atoms with Gasteiger partial charge in [0.25, 0.3) is 5.91 Å². The molecule has 1 aliphatic carbocycles. The summed E-state index contributed by atoms with van der Waals surface area (Å²) in [6.07, 6.45) is 2.18. The Morgan fingerprint density at radius 1 is 1.00 bits per heavy atom. The minimum atomic E-state index is -0.489. The Bertz CT molecular complexity index is 971. The van der Waals surface area contributed by atoms with E-state index in [0.717, 1.165) is 30.5 Å². The van der Waals surface area contributed by atoms with Crippen molar-refractivity contribution < 1.29 is 9.53 Å². The van der Waals surface area contributed by atoms with Crippen molar-refractivity contribution in [2.24, 2.45) is 5.73 Å². The van der Waals surface area contributed by atoms with Gasteiger partial charge in [0.1, 0.15) is 5.75 Å². The number of methoxy groups -OCH3 is 1. The average molecular weight is 372 g/mol. The molecule has 3 aromatic carbocycles. The maximum atomic E-state index is 11.6. The number of rotatable bonds is 6. The molecule has 0 saturated heterocycles. The van der Waals surface area contributed by atoms with Gasteiger partial charge in [-0.25, -0.2) is 0 Å². The highest BCUT2D eigenvalue weighted by molar-refractivity contribution is 5.98. The highest BCUT2D eigenvalue weighted by atomic mass is 16.5. The van der Waals surface area contributed by atoms with Crippen LogP contribution >= 0.6 is 0 Å². The predicted molar refractivity (Wildman–Crippen MR) is 111 cm³/mol. The molecule has 4 rings (SSSR count). The van der Waals surface area contributed by atoms with E-state index in [1.165, 1.54) is 16.7 Å². The van der Waals surface area contributed by atoms with Crippen LogP contribution in [-0.4, -0.2) is 19.1 Å². The molecule has 0 bridgehead atoms. The Morgan fingerprint density at radius 3 is 2.29 bits per heavy atom. The summed E-state index contributed by atoms with van der Waals surface area (Å²) >= 11 is 0. The first kappa shape index (κ1) is 18.3. The highest BCUT2D eigenvalue weighted by Gasteiger charge is 2.20. The molecule has 0 spiro atoms. The van der Waals surface area contributed by atoms with Crippen LogP contribution in [0, 0.1) is 0 Å². The van der Waals surface area contributed by atoms with E-state index in [0.29, 0.717) is 17.4 Å². The molecule has 1 aliphatic rings. The second kappa shape index (κ2) is 7.87. The first-order chi connectivity index (χ1) is 13.7. The first-order valence-electron chi connectivity index (χ1n) is 9.52. The number of fused-ring (bicyclic) bond motifs is 1. The standard InChI is InChI=1S/C24H24N2O2/c1-28-23-21(7-4-8-22(23)24(25)27)17-11-9-16(10-12-17)15-26-20-13-18-5-2-3-6-19(18)14-20/h2-12,20,26H,13-15H2,1H3,(H2,25,27). The van der Waals surface area contributed by atoms with Crippen molar-refractivity contribution in [3.05, 3.63) is 89.0 Å². The van der Waals surface area contributed by atoms with Gasteiger partial charge in [0, 0.05) is 18.2 Å². The van der Waals surface area contributed by atoms with Gasteiger partial charge in [0.15, 0.2) is 0 Å². The number of para-hydroxylation sites is 1. The van der Waals surface area contributed by atoms with Gasteiger partial charge in [0.05, 0.1) is 12.7 Å². The lowest BCUT2D eigenvalue weighted by Crippen LogP contribution is -2.28. The lowest BCUT2D eigenvalue weighted by atomic mass is 9.99. The number of hydrogen-bond acceptors (Lipinski definition) is 3. The number of carbonyl (C=O) groups excluding carboxylic acids is 1. The monoisotopic (exact) mass is 372 g/mol. The zero-order chi connectivity index (χ0) is 19.5. The Labute approximate surface area is 165 Å². The van der Waals surface area contributed by atoms with Gasteiger partial charge in [-0.2, -0.15) is 0 Å². The molecular formula is C24H24N2O2. The summed E-state index contributed by atoms with van der Waals surface area (Å²) in [7, 11) is 1.56. The lowest BCUT2D eigenvalue weighted by molar-refractivity contribution is 0.0997. The summed E-state index contributed by atoms with van der Waals surface area (Å²) in [5, 5.41) is 3.66. The van der Waals surface area contributed by atoms with Gasteiger partial charge >= 0.3 is 0 Å². The largest absolute Gasteiger partial charge is 0.495 e. The molecule has 0 fully saturated rings. The van der Waals surface area contributed by atoms with E-state index in [-0.39, 0.29) is 0 Å². The number of ether oxygens (including phenoxy) is 1. The number of primary amides is 1. The number of benzene rings is 3. The van der Waals surface area contributed by atoms with Gasteiger partial charge in [-0.1, -0.05) is 60.7 Å². The number of nitrogens with one attached hydrogen (secondary N) is 1. The van der Waals surface area contributed by atoms with E-state index in [1.54, 1.807) is 13.2 Å². The van der Waals surface area contributed by atoms with Crippen molar-refractivity contribution in [1.29, 1.82) is 0 Å². The summed E-state index contributed by atoms with van der Waals surface area (Å²) in [6.45, 7) is 0.831. The van der Waals surface area contributed by atoms with Crippen molar-refractivity contribution in [2.75, 3.05) is 7.11 Å². The van der Waals surface area contributed by atoms with E-state index >= 15 is 0 Å². The van der Waals surface area contributed by atoms with E-state index < -0.39 is 5.91 Å². The van der Waals surface area contributed by atoms with E-state index in [4.69, 9.17) is 10.5 Å². The quantitative estimate of drug-likeness (QED) is 0.693. The van der Waals surface area contributed by atoms with Gasteiger partial charge < -0.3 is 15.8 Å². The van der Waals surface area contributed by atoms with E-state index in [1.807, 2.05) is 12.1 Å². The van der Waals surface area contributed by atoms with Crippen molar-refractivity contribution in [2.45, 2.75) is 25.4 Å². The molecule has 0 aliphatic heterocycles. The summed E-state index contributed by atoms with van der Waals surface area (Å²) in [5.74, 6) is 0.0293. The third-order valence-electron chi connectivity index (χ3n) is 5.40. The Morgan fingerprint density at radius 2 is 1.68 bits per heavy atom. The third-order valence-corrected chi connectivity index (χ3v) is 5.40. The van der Waals surface area contributed by atoms with Gasteiger partial charge in [-0.3, -0.25) is 4.79 Å². The zero-order valence-corrected chi connectivity index (χ0v) is 15.9. The predicted octanol–water partition coefficient (Wildman–Crippen LogP) is 3.72. The van der Waals surface area contributed by atoms with E-state index in [9.17, 15) is 4.79 Å². The molecule has 0 aromatic heterocycles. The molecule has 1 amide bonds. The Kier molecular flexibility index (Phi) is 5.13. The molecule has 3 N–H and O–H groups in total. The van der Waals surface area contributed by atoms with Crippen molar-refractivity contribution >= 4 is 5.91 Å². The van der Waals surface area contributed by atoms with Gasteiger partial charge in [-0.05, 0) is 41.2 Å². The summed E-state index contributed by atoms with van der Waals surface area (Å²) in [6, 6.07) is 22.9. The average Bonchev–Trinajstić information content (AvgIpc) is 3.15. The molecule has 0 heterocycles. The van der Waals surface area contributed by atoms with Crippen LogP contribution in [0.2, 0.25) is 0 Å². The summed E-state index contributed by atoms with van der Waals surface area (Å²) in [5.41, 5.74) is 11.9. The van der Waals surface area contributed by atoms with Crippen LogP contribution in [0.5, 0.6) is 5.75 Å². The molecule has 28 heavy (non-hydrogen) atoms. The van der Waals surface area contributed by atoms with E-state index in [2.05, 4.69) is 53.8 Å². The zero-order valence-electron chi connectivity index (χ0n) is 15.9. The highest BCUT2D eigenvalue weighted by Crippen LogP contribution is 2.33. The second-order valence-corrected chi connectivity index (χ2v) is 7.20. The van der Waals surface area contributed by atoms with Crippen LogP contribution < -0.4 is 15.8 Å². The maximum absolute atomic E-state index is 11.6. The molecule has 4 nitrogen and oxygen atoms in total. The molecule has 0 atom stereocenters. The maximum Gasteiger partial charge on any atom is 0.252 e. The number of hydrogen-bond donors (Lipinski definition) is 2. The van der Waals surface area contributed by atoms with Crippen LogP contribution in [0.4, 0.5) is 0 Å². The van der Waals surface area contributed by atoms with Gasteiger partial charge in [0.2, 0.25) is 0 Å². The second-order valence-electron chi connectivity index (χ2n) is 7.20. The fraction of sp³-hybridized carbons (Fsp3) is 0.208. The minimum Gasteiger partial charge on any atom is -0.495 e. The Balaban J connectivity index is 1.45. The van der Waals surface area contributed by atoms with Gasteiger partial charge in [-0.15, -0.1) is 0 Å². The van der Waals surface area contributed by atoms with Crippen LogP contribution in [-0.2, 0) is 19.4 Å². The minimum absolute atomic E-state index is 0.395. The Hall–Kier alpha value is -3.11. The normalized spacial score (nSPS) is 13.3. The van der Waals surface area contributed by atoms with Crippen LogP contribution in [0.25, 0.3) is 11.1 Å². The van der Waals surface area contributed by atoms with Crippen LogP contribution in [0.1, 0.15) is 27.0 Å². The van der Waals surface area contributed by atoms with Crippen molar-refractivity contribution in [3.63, 3.8) is 0 Å². The van der Waals surface area contributed by atoms with Crippen molar-refractivity contribution in [1.82, 2.24) is 5.32 Å². The lowest BCUT2D eigenvalue weighted by Gasteiger charge is -2.14. The number of nitrogens with two attached hydrogens (primary N) is 1. The van der Waals surface area contributed by atoms with Crippen LogP contribution in [0.15, 0.2) is 66.7 Å². The summed E-state index contributed by atoms with van der Waals surface area (Å²) < 4.78 is 5.45. The fourth-order valence-corrected chi connectivity index (χ4v) is 3.95. The molecular weight excluding hydrogens is 348 g/mol. The molecule has 4 heteroatoms. The molecule has 0 unspecified atom stereocenters. The van der Waals surface area contributed by atoms with Crippen LogP contribution in [0.3, 0.4) is 0 Å². The third kappa shape index (κ3) is 3.64. The SMILES string of the molecule is COc1c(C(N)=O)cccc1-c1ccc(CNC2Cc3ccccc3C2)cc1. The fourth-order valence-electron chi connectivity index (χ4n) is 3.95. The van der Waals surface area contributed by atoms with Crippen molar-refractivity contribution in [3.8, 4) is 16.9 Å². The number of carbonyl (C=O) groups is 1.